The summed E-state index contributed by atoms with van der Waals surface area (Å²) in [6, 6.07) is 0. The average molecular weight is 827 g/mol. The number of nitrogens with zero attached hydrogens (tertiary/aromatic N) is 3. The van der Waals surface area contributed by atoms with E-state index in [0.717, 1.165) is 10.9 Å². The molecule has 2 aliphatic rings. The summed E-state index contributed by atoms with van der Waals surface area (Å²) in [5.41, 5.74) is 5.50. The van der Waals surface area contributed by atoms with Gasteiger partial charge in [0.1, 0.15) is 6.54 Å². The van der Waals surface area contributed by atoms with Crippen molar-refractivity contribution in [2.75, 3.05) is 0 Å². The lowest BCUT2D eigenvalue weighted by molar-refractivity contribution is -0.118. The van der Waals surface area contributed by atoms with E-state index in [1.165, 1.54) is 4.68 Å². The minimum atomic E-state index is -0.461. The highest BCUT2D eigenvalue weighted by molar-refractivity contribution is 15.0. The van der Waals surface area contributed by atoms with Gasteiger partial charge in [-0.15, -0.1) is 24.0 Å². The minimum Gasteiger partial charge on any atom is -0.399 e. The molecule has 0 unspecified atom stereocenters. The number of aromatic amines is 1. The van der Waals surface area contributed by atoms with E-state index in [4.69, 9.17) is 24.4 Å². The van der Waals surface area contributed by atoms with Gasteiger partial charge in [0.2, 0.25) is 5.91 Å². The Morgan fingerprint density at radius 2 is 1.34 bits per heavy atom. The van der Waals surface area contributed by atoms with Crippen LogP contribution in [0, 0.1) is 0 Å². The van der Waals surface area contributed by atoms with Crippen LogP contribution < -0.4 is 16.7 Å². The van der Waals surface area contributed by atoms with Gasteiger partial charge in [-0.1, -0.05) is 0 Å². The van der Waals surface area contributed by atoms with Crippen LogP contribution in [0.25, 0.3) is 0 Å². The highest BCUT2D eigenvalue weighted by atomic mass is 128. The van der Waals surface area contributed by atoms with E-state index in [9.17, 15) is 4.79 Å². The Labute approximate surface area is 248 Å². The first-order valence-electron chi connectivity index (χ1n) is 10.8. The van der Waals surface area contributed by atoms with Crippen LogP contribution in [0.15, 0.2) is 24.8 Å². The number of nitrogens with two attached hydrogens (primary N) is 1. The van der Waals surface area contributed by atoms with Gasteiger partial charge in [-0.2, -0.15) is 10.2 Å². The smallest absolute Gasteiger partial charge is 0.399 e. The first-order chi connectivity index (χ1) is 15.6. The molecule has 196 valence electrons. The second-order valence-electron chi connectivity index (χ2n) is 10.1. The lowest BCUT2D eigenvalue weighted by atomic mass is 9.82. The average Bonchev–Trinajstić information content (AvgIpc) is 3.46. The van der Waals surface area contributed by atoms with Gasteiger partial charge in [-0.3, -0.25) is 14.6 Å². The number of primary amides is 1. The number of aromatic nitrogens is 4. The highest BCUT2D eigenvalue weighted by Crippen LogP contribution is 2.37. The van der Waals surface area contributed by atoms with Crippen LogP contribution in [-0.4, -0.2) is 62.5 Å². The van der Waals surface area contributed by atoms with Crippen LogP contribution in [0.3, 0.4) is 0 Å². The number of hydrogen-bond acceptors (Lipinski definition) is 7. The first-order valence-corrected chi connectivity index (χ1v) is 17.1. The molecule has 0 bridgehead atoms. The van der Waals surface area contributed by atoms with Crippen molar-refractivity contribution in [3.63, 3.8) is 0 Å². The van der Waals surface area contributed by atoms with Crippen molar-refractivity contribution >= 4 is 92.3 Å². The van der Waals surface area contributed by atoms with Crippen LogP contribution in [0.2, 0.25) is 0 Å². The van der Waals surface area contributed by atoms with E-state index in [0.29, 0.717) is 0 Å². The van der Waals surface area contributed by atoms with E-state index in [-0.39, 0.29) is 60.0 Å². The number of carbonyl (C=O) groups is 1. The van der Waals surface area contributed by atoms with Crippen molar-refractivity contribution in [3.05, 3.63) is 24.8 Å². The van der Waals surface area contributed by atoms with Gasteiger partial charge in [-0.05, 0) is 55.4 Å². The fourth-order valence-corrected chi connectivity index (χ4v) is 3.10. The zero-order valence-electron chi connectivity index (χ0n) is 21.3. The highest BCUT2D eigenvalue weighted by Gasteiger charge is 2.53. The second kappa shape index (κ2) is 12.7. The number of carbonyl (C=O) groups excluding carboxylic acids is 1. The van der Waals surface area contributed by atoms with E-state index in [1.807, 2.05) is 55.4 Å². The standard InChI is InChI=1S/C11H18BN3O3.C9H15BN2O2.I2.HI/c1-10(2)11(3,4)18-12(17-10)8-5-14-15(6-8)7-9(13)16;1-8(2)9(3,4)14-10(13-8)7-5-11-12-6-7;1-2;/h5-6H,7H2,1-4H3,(H2,13,16);5-6H,1-4H3,(H,11,12);;1H. The SMILES string of the molecule is CC1(C)OB(c2cn[nH]c2)OC1(C)C.CC1(C)OB(c2cnn(CC(N)=O)c2)OC1(C)C.I.II. The zero-order valence-corrected chi connectivity index (χ0v) is 27.9. The lowest BCUT2D eigenvalue weighted by Gasteiger charge is -2.32. The Morgan fingerprint density at radius 1 is 0.914 bits per heavy atom. The van der Waals surface area contributed by atoms with Crippen LogP contribution in [0.1, 0.15) is 55.4 Å². The van der Waals surface area contributed by atoms with Gasteiger partial charge in [0.25, 0.3) is 0 Å². The largest absolute Gasteiger partial charge is 0.498 e. The molecule has 2 fully saturated rings. The maximum absolute atomic E-state index is 10.8. The number of H-pyrrole nitrogens is 1. The molecular weight excluding hydrogens is 793 g/mol. The molecular formula is C20H34B2I3N5O5. The monoisotopic (exact) mass is 827 g/mol. The van der Waals surface area contributed by atoms with E-state index < -0.39 is 13.0 Å². The molecule has 0 aliphatic carbocycles. The minimum absolute atomic E-state index is 0. The summed E-state index contributed by atoms with van der Waals surface area (Å²) in [4.78, 5) is 10.8. The summed E-state index contributed by atoms with van der Waals surface area (Å²) in [5.74, 6) is -0.432. The predicted molar refractivity (Wildman–Crippen MR) is 165 cm³/mol. The Balaban J connectivity index is 0.000000326. The summed E-state index contributed by atoms with van der Waals surface area (Å²) in [5, 5.41) is 10.7. The third-order valence-electron chi connectivity index (χ3n) is 6.54. The molecule has 0 spiro atoms. The van der Waals surface area contributed by atoms with Crippen molar-refractivity contribution in [1.29, 1.82) is 0 Å². The number of nitrogens with one attached hydrogen (secondary N) is 1. The molecule has 0 saturated carbocycles. The lowest BCUT2D eigenvalue weighted by Crippen LogP contribution is -2.41. The molecule has 15 heteroatoms. The van der Waals surface area contributed by atoms with Gasteiger partial charge < -0.3 is 24.4 Å². The first kappa shape index (κ1) is 33.1. The molecule has 4 rings (SSSR count). The quantitative estimate of drug-likeness (QED) is 0.359. The maximum atomic E-state index is 10.8. The van der Waals surface area contributed by atoms with E-state index >= 15 is 0 Å². The fraction of sp³-hybridized carbons (Fsp3) is 0.650. The Hall–Kier alpha value is 0.0499. The Morgan fingerprint density at radius 3 is 1.71 bits per heavy atom. The zero-order chi connectivity index (χ0) is 25.9. The number of halogens is 3. The molecule has 35 heavy (non-hydrogen) atoms. The molecule has 2 aromatic heterocycles. The second-order valence-corrected chi connectivity index (χ2v) is 10.1. The third-order valence-corrected chi connectivity index (χ3v) is 6.54. The van der Waals surface area contributed by atoms with Gasteiger partial charge in [0.15, 0.2) is 0 Å². The molecule has 1 amide bonds. The molecule has 4 heterocycles. The molecule has 0 radical (unpaired) electrons. The van der Waals surface area contributed by atoms with Crippen LogP contribution >= 0.6 is 61.2 Å². The maximum Gasteiger partial charge on any atom is 0.498 e. The van der Waals surface area contributed by atoms with Crippen LogP contribution in [-0.2, 0) is 30.0 Å². The van der Waals surface area contributed by atoms with Crippen molar-refractivity contribution < 1.29 is 23.4 Å². The molecule has 3 N–H and O–H groups in total. The summed E-state index contributed by atoms with van der Waals surface area (Å²) in [6.45, 7) is 16.1. The van der Waals surface area contributed by atoms with E-state index in [2.05, 4.69) is 52.5 Å². The van der Waals surface area contributed by atoms with Crippen molar-refractivity contribution in [1.82, 2.24) is 20.0 Å². The van der Waals surface area contributed by atoms with Gasteiger partial charge in [0, 0.05) is 72.9 Å². The number of hydrogen-bond donors (Lipinski definition) is 2. The Bertz CT molecular complexity index is 925. The van der Waals surface area contributed by atoms with E-state index in [1.54, 1.807) is 24.8 Å². The third kappa shape index (κ3) is 8.02. The summed E-state index contributed by atoms with van der Waals surface area (Å²) in [7, 11) is -0.768. The van der Waals surface area contributed by atoms with Crippen LogP contribution in [0.4, 0.5) is 0 Å². The summed E-state index contributed by atoms with van der Waals surface area (Å²) < 4.78 is 24.9. The predicted octanol–water partition coefficient (Wildman–Crippen LogP) is 2.77. The molecule has 2 aromatic rings. The summed E-state index contributed by atoms with van der Waals surface area (Å²) in [6.07, 6.45) is 6.86. The van der Waals surface area contributed by atoms with Crippen molar-refractivity contribution in [3.8, 4) is 0 Å². The topological polar surface area (TPSA) is 127 Å². The van der Waals surface area contributed by atoms with Crippen molar-refractivity contribution in [2.45, 2.75) is 84.3 Å². The number of rotatable bonds is 4. The molecule has 2 saturated heterocycles. The normalized spacial score (nSPS) is 20.7. The number of amides is 1. The molecule has 10 nitrogen and oxygen atoms in total. The Kier molecular flexibility index (Phi) is 12.0. The van der Waals surface area contributed by atoms with Gasteiger partial charge in [0.05, 0.1) is 22.4 Å². The molecule has 2 aliphatic heterocycles. The van der Waals surface area contributed by atoms with Gasteiger partial charge in [-0.25, -0.2) is 0 Å². The fourth-order valence-electron chi connectivity index (χ4n) is 3.10. The van der Waals surface area contributed by atoms with Crippen LogP contribution in [0.5, 0.6) is 0 Å². The molecule has 0 aromatic carbocycles. The summed E-state index contributed by atoms with van der Waals surface area (Å²) >= 11 is 4.24. The van der Waals surface area contributed by atoms with Crippen molar-refractivity contribution in [2.24, 2.45) is 5.73 Å². The van der Waals surface area contributed by atoms with Gasteiger partial charge >= 0.3 is 14.2 Å². The molecule has 0 atom stereocenters.